The van der Waals surface area contributed by atoms with Crippen molar-refractivity contribution in [3.8, 4) is 0 Å². The Labute approximate surface area is 79.7 Å². The molecule has 0 radical (unpaired) electrons. The first-order valence-corrected chi connectivity index (χ1v) is 5.33. The summed E-state index contributed by atoms with van der Waals surface area (Å²) >= 11 is 0. The lowest BCUT2D eigenvalue weighted by molar-refractivity contribution is 0.0784. The molecule has 0 aromatic heterocycles. The Morgan fingerprint density at radius 3 is 2.92 bits per heavy atom. The lowest BCUT2D eigenvalue weighted by Gasteiger charge is -2.19. The summed E-state index contributed by atoms with van der Waals surface area (Å²) in [5, 5.41) is 8.99. The second kappa shape index (κ2) is 4.40. The summed E-state index contributed by atoms with van der Waals surface area (Å²) in [6.45, 7) is 4.59. The van der Waals surface area contributed by atoms with Crippen LogP contribution in [0.25, 0.3) is 0 Å². The van der Waals surface area contributed by atoms with E-state index in [1.165, 1.54) is 12.8 Å². The smallest absolute Gasteiger partial charge is 0.0702 e. The van der Waals surface area contributed by atoms with E-state index in [9.17, 15) is 0 Å². The van der Waals surface area contributed by atoms with Crippen LogP contribution in [0.4, 0.5) is 0 Å². The van der Waals surface area contributed by atoms with E-state index in [0.29, 0.717) is 18.6 Å². The van der Waals surface area contributed by atoms with Gasteiger partial charge in [-0.3, -0.25) is 0 Å². The van der Waals surface area contributed by atoms with Crippen molar-refractivity contribution in [2.45, 2.75) is 25.4 Å². The van der Waals surface area contributed by atoms with Crippen molar-refractivity contribution in [2.24, 2.45) is 5.92 Å². The Balaban J connectivity index is 1.70. The molecule has 76 valence electrons. The molecule has 2 fully saturated rings. The summed E-state index contributed by atoms with van der Waals surface area (Å²) in [5.41, 5.74) is 0. The number of likely N-dealkylation sites (tertiary alicyclic amines) is 1. The molecular formula is C10H19NO2. The molecule has 2 heterocycles. The normalized spacial score (nSPS) is 35.8. The molecule has 2 aliphatic rings. The van der Waals surface area contributed by atoms with E-state index < -0.39 is 0 Å². The molecule has 0 aromatic carbocycles. The second-order valence-corrected chi connectivity index (χ2v) is 4.23. The highest BCUT2D eigenvalue weighted by atomic mass is 16.5. The van der Waals surface area contributed by atoms with Gasteiger partial charge in [0.1, 0.15) is 0 Å². The summed E-state index contributed by atoms with van der Waals surface area (Å²) in [7, 11) is 0. The zero-order valence-electron chi connectivity index (χ0n) is 8.11. The van der Waals surface area contributed by atoms with E-state index >= 15 is 0 Å². The van der Waals surface area contributed by atoms with Crippen molar-refractivity contribution in [1.29, 1.82) is 0 Å². The minimum Gasteiger partial charge on any atom is -0.396 e. The van der Waals surface area contributed by atoms with Crippen LogP contribution < -0.4 is 0 Å². The maximum atomic E-state index is 8.99. The Morgan fingerprint density at radius 1 is 1.38 bits per heavy atom. The van der Waals surface area contributed by atoms with Gasteiger partial charge in [0.05, 0.1) is 6.10 Å². The number of aliphatic hydroxyl groups is 1. The van der Waals surface area contributed by atoms with Gasteiger partial charge in [-0.1, -0.05) is 0 Å². The van der Waals surface area contributed by atoms with E-state index in [-0.39, 0.29) is 0 Å². The highest BCUT2D eigenvalue weighted by molar-refractivity contribution is 4.78. The lowest BCUT2D eigenvalue weighted by Crippen LogP contribution is -2.30. The van der Waals surface area contributed by atoms with Crippen LogP contribution in [0.2, 0.25) is 0 Å². The molecule has 0 aliphatic carbocycles. The summed E-state index contributed by atoms with van der Waals surface area (Å²) in [6, 6.07) is 0. The molecule has 0 spiro atoms. The maximum absolute atomic E-state index is 8.99. The second-order valence-electron chi connectivity index (χ2n) is 4.23. The predicted octanol–water partition coefficient (Wildman–Crippen LogP) is 0.480. The van der Waals surface area contributed by atoms with Gasteiger partial charge in [-0.15, -0.1) is 0 Å². The summed E-state index contributed by atoms with van der Waals surface area (Å²) in [5.74, 6) is 0.515. The van der Waals surface area contributed by atoms with Crippen molar-refractivity contribution in [1.82, 2.24) is 4.90 Å². The number of hydrogen-bond acceptors (Lipinski definition) is 3. The number of aliphatic hydroxyl groups excluding tert-OH is 1. The minimum atomic E-state index is 0.349. The third kappa shape index (κ3) is 2.42. The molecule has 0 aromatic rings. The van der Waals surface area contributed by atoms with Gasteiger partial charge in [0.15, 0.2) is 0 Å². The molecule has 0 bridgehead atoms. The Morgan fingerprint density at radius 2 is 2.31 bits per heavy atom. The molecule has 2 aliphatic heterocycles. The summed E-state index contributed by atoms with van der Waals surface area (Å²) in [4.78, 5) is 2.43. The fourth-order valence-corrected chi connectivity index (χ4v) is 2.30. The lowest BCUT2D eigenvalue weighted by atomic mass is 10.1. The standard InChI is InChI=1S/C10H19NO2/c12-8-9-3-4-11(6-9)7-10-2-1-5-13-10/h9-10,12H,1-8H2/t9?,10-/m1/s1. The van der Waals surface area contributed by atoms with Crippen LogP contribution in [-0.4, -0.2) is 49.0 Å². The molecule has 0 amide bonds. The van der Waals surface area contributed by atoms with Crippen LogP contribution >= 0.6 is 0 Å². The fraction of sp³-hybridized carbons (Fsp3) is 1.00. The average Bonchev–Trinajstić information content (AvgIpc) is 2.76. The zero-order chi connectivity index (χ0) is 9.10. The highest BCUT2D eigenvalue weighted by Crippen LogP contribution is 2.19. The van der Waals surface area contributed by atoms with Crippen molar-refractivity contribution in [3.05, 3.63) is 0 Å². The van der Waals surface area contributed by atoms with Crippen molar-refractivity contribution in [2.75, 3.05) is 32.8 Å². The third-order valence-corrected chi connectivity index (χ3v) is 3.11. The Hall–Kier alpha value is -0.120. The zero-order valence-corrected chi connectivity index (χ0v) is 8.11. The molecular weight excluding hydrogens is 166 g/mol. The van der Waals surface area contributed by atoms with E-state index in [4.69, 9.17) is 9.84 Å². The molecule has 1 N–H and O–H groups in total. The van der Waals surface area contributed by atoms with Crippen LogP contribution in [0.1, 0.15) is 19.3 Å². The van der Waals surface area contributed by atoms with E-state index in [0.717, 1.165) is 32.7 Å². The number of ether oxygens (including phenoxy) is 1. The quantitative estimate of drug-likeness (QED) is 0.694. The Bertz CT molecular complexity index is 157. The predicted molar refractivity (Wildman–Crippen MR) is 50.6 cm³/mol. The van der Waals surface area contributed by atoms with Gasteiger partial charge in [0.25, 0.3) is 0 Å². The van der Waals surface area contributed by atoms with Crippen LogP contribution in [0.5, 0.6) is 0 Å². The molecule has 2 atom stereocenters. The fourth-order valence-electron chi connectivity index (χ4n) is 2.30. The topological polar surface area (TPSA) is 32.7 Å². The first-order valence-electron chi connectivity index (χ1n) is 5.33. The molecule has 2 rings (SSSR count). The van der Waals surface area contributed by atoms with E-state index in [2.05, 4.69) is 4.90 Å². The van der Waals surface area contributed by atoms with Crippen molar-refractivity contribution < 1.29 is 9.84 Å². The van der Waals surface area contributed by atoms with Crippen molar-refractivity contribution >= 4 is 0 Å². The van der Waals surface area contributed by atoms with Gasteiger partial charge in [-0.05, 0) is 31.7 Å². The highest BCUT2D eigenvalue weighted by Gasteiger charge is 2.25. The van der Waals surface area contributed by atoms with Crippen LogP contribution in [0, 0.1) is 5.92 Å². The average molecular weight is 185 g/mol. The monoisotopic (exact) mass is 185 g/mol. The summed E-state index contributed by atoms with van der Waals surface area (Å²) < 4.78 is 5.58. The molecule has 1 unspecified atom stereocenters. The summed E-state index contributed by atoms with van der Waals surface area (Å²) in [6.07, 6.45) is 4.07. The van der Waals surface area contributed by atoms with E-state index in [1.807, 2.05) is 0 Å². The first-order chi connectivity index (χ1) is 6.38. The van der Waals surface area contributed by atoms with Gasteiger partial charge in [-0.2, -0.15) is 0 Å². The molecule has 13 heavy (non-hydrogen) atoms. The molecule has 3 heteroatoms. The minimum absolute atomic E-state index is 0.349. The largest absolute Gasteiger partial charge is 0.396 e. The number of hydrogen-bond donors (Lipinski definition) is 1. The van der Waals surface area contributed by atoms with Crippen LogP contribution in [0.15, 0.2) is 0 Å². The van der Waals surface area contributed by atoms with Crippen LogP contribution in [-0.2, 0) is 4.74 Å². The molecule has 2 saturated heterocycles. The Kier molecular flexibility index (Phi) is 3.19. The maximum Gasteiger partial charge on any atom is 0.0702 e. The molecule has 0 saturated carbocycles. The first kappa shape index (κ1) is 9.44. The van der Waals surface area contributed by atoms with Gasteiger partial charge >= 0.3 is 0 Å². The molecule has 3 nitrogen and oxygen atoms in total. The van der Waals surface area contributed by atoms with Crippen molar-refractivity contribution in [3.63, 3.8) is 0 Å². The SMILES string of the molecule is OCC1CCN(C[C@H]2CCCO2)C1. The number of rotatable bonds is 3. The van der Waals surface area contributed by atoms with Gasteiger partial charge in [0.2, 0.25) is 0 Å². The van der Waals surface area contributed by atoms with Crippen LogP contribution in [0.3, 0.4) is 0 Å². The third-order valence-electron chi connectivity index (χ3n) is 3.11. The van der Waals surface area contributed by atoms with Gasteiger partial charge in [-0.25, -0.2) is 0 Å². The van der Waals surface area contributed by atoms with Gasteiger partial charge < -0.3 is 14.7 Å². The van der Waals surface area contributed by atoms with E-state index in [1.54, 1.807) is 0 Å². The number of nitrogens with zero attached hydrogens (tertiary/aromatic N) is 1. The van der Waals surface area contributed by atoms with Gasteiger partial charge in [0, 0.05) is 26.3 Å².